The lowest BCUT2D eigenvalue weighted by Gasteiger charge is -2.33. The van der Waals surface area contributed by atoms with Crippen LogP contribution in [0.2, 0.25) is 0 Å². The number of aromatic nitrogens is 2. The van der Waals surface area contributed by atoms with E-state index in [1.54, 1.807) is 4.57 Å². The summed E-state index contributed by atoms with van der Waals surface area (Å²) in [4.78, 5) is 30.1. The minimum absolute atomic E-state index is 0.0243. The molecule has 0 radical (unpaired) electrons. The number of anilines is 1. The van der Waals surface area contributed by atoms with E-state index in [0.29, 0.717) is 18.7 Å². The SMILES string of the molecule is CC1CN(c2nc3c(cc2F)c(=O)c(C(=O)O)cn3C2CC2)CCN1. The van der Waals surface area contributed by atoms with Gasteiger partial charge in [-0.25, -0.2) is 14.2 Å². The summed E-state index contributed by atoms with van der Waals surface area (Å²) in [5.74, 6) is -1.68. The lowest BCUT2D eigenvalue weighted by atomic mass is 10.1. The van der Waals surface area contributed by atoms with Gasteiger partial charge in [-0.1, -0.05) is 0 Å². The van der Waals surface area contributed by atoms with Gasteiger partial charge in [-0.15, -0.1) is 0 Å². The van der Waals surface area contributed by atoms with Crippen LogP contribution in [-0.4, -0.2) is 46.3 Å². The molecule has 8 heteroatoms. The Bertz CT molecular complexity index is 922. The number of carbonyl (C=O) groups is 1. The molecule has 1 aliphatic carbocycles. The van der Waals surface area contributed by atoms with Crippen LogP contribution in [0.15, 0.2) is 17.1 Å². The van der Waals surface area contributed by atoms with Crippen LogP contribution in [0.3, 0.4) is 0 Å². The average Bonchev–Trinajstić information content (AvgIpc) is 3.39. The number of rotatable bonds is 3. The van der Waals surface area contributed by atoms with Crippen LogP contribution in [0.25, 0.3) is 11.0 Å². The number of carboxylic acid groups (broad SMARTS) is 1. The van der Waals surface area contributed by atoms with Gasteiger partial charge in [0.25, 0.3) is 0 Å². The smallest absolute Gasteiger partial charge is 0.341 e. The summed E-state index contributed by atoms with van der Waals surface area (Å²) in [5, 5.41) is 12.6. The molecule has 7 nitrogen and oxygen atoms in total. The first kappa shape index (κ1) is 16.0. The minimum atomic E-state index is -1.30. The van der Waals surface area contributed by atoms with E-state index in [2.05, 4.69) is 10.3 Å². The third-order valence-corrected chi connectivity index (χ3v) is 4.78. The molecule has 3 heterocycles. The van der Waals surface area contributed by atoms with Crippen LogP contribution in [0.5, 0.6) is 0 Å². The average molecular weight is 346 g/mol. The Balaban J connectivity index is 1.92. The fraction of sp³-hybridized carbons (Fsp3) is 0.471. The van der Waals surface area contributed by atoms with Crippen LogP contribution < -0.4 is 15.6 Å². The Labute approximate surface area is 143 Å². The quantitative estimate of drug-likeness (QED) is 0.873. The van der Waals surface area contributed by atoms with Crippen molar-refractivity contribution in [2.45, 2.75) is 31.8 Å². The molecule has 2 fully saturated rings. The Morgan fingerprint density at radius 3 is 2.84 bits per heavy atom. The fourth-order valence-electron chi connectivity index (χ4n) is 3.37. The first-order valence-corrected chi connectivity index (χ1v) is 8.42. The Hall–Kier alpha value is -2.48. The Morgan fingerprint density at radius 1 is 1.44 bits per heavy atom. The molecule has 0 spiro atoms. The number of hydrogen-bond acceptors (Lipinski definition) is 5. The lowest BCUT2D eigenvalue weighted by Crippen LogP contribution is -2.49. The molecule has 0 aromatic carbocycles. The maximum absolute atomic E-state index is 14.7. The highest BCUT2D eigenvalue weighted by atomic mass is 19.1. The first-order valence-electron chi connectivity index (χ1n) is 8.42. The topological polar surface area (TPSA) is 87.5 Å². The molecule has 1 aliphatic heterocycles. The zero-order valence-corrected chi connectivity index (χ0v) is 13.8. The van der Waals surface area contributed by atoms with Gasteiger partial charge in [-0.2, -0.15) is 0 Å². The second-order valence-corrected chi connectivity index (χ2v) is 6.78. The predicted molar refractivity (Wildman–Crippen MR) is 90.9 cm³/mol. The second-order valence-electron chi connectivity index (χ2n) is 6.78. The van der Waals surface area contributed by atoms with Gasteiger partial charge in [-0.05, 0) is 25.8 Å². The van der Waals surface area contributed by atoms with E-state index in [0.717, 1.165) is 25.5 Å². The largest absolute Gasteiger partial charge is 0.477 e. The van der Waals surface area contributed by atoms with E-state index in [1.165, 1.54) is 6.20 Å². The van der Waals surface area contributed by atoms with Gasteiger partial charge in [0, 0.05) is 37.9 Å². The number of carboxylic acids is 1. The van der Waals surface area contributed by atoms with E-state index < -0.39 is 17.2 Å². The summed E-state index contributed by atoms with van der Waals surface area (Å²) in [5.41, 5.74) is -0.671. The van der Waals surface area contributed by atoms with Crippen molar-refractivity contribution in [1.82, 2.24) is 14.9 Å². The monoisotopic (exact) mass is 346 g/mol. The van der Waals surface area contributed by atoms with Crippen molar-refractivity contribution in [2.24, 2.45) is 0 Å². The van der Waals surface area contributed by atoms with E-state index in [-0.39, 0.29) is 28.9 Å². The van der Waals surface area contributed by atoms with Crippen molar-refractivity contribution in [3.8, 4) is 0 Å². The third kappa shape index (κ3) is 2.76. The highest BCUT2D eigenvalue weighted by Crippen LogP contribution is 2.37. The van der Waals surface area contributed by atoms with Crippen LogP contribution in [-0.2, 0) is 0 Å². The molecule has 25 heavy (non-hydrogen) atoms. The van der Waals surface area contributed by atoms with Crippen molar-refractivity contribution < 1.29 is 14.3 Å². The van der Waals surface area contributed by atoms with E-state index in [4.69, 9.17) is 0 Å². The van der Waals surface area contributed by atoms with Gasteiger partial charge in [0.2, 0.25) is 5.43 Å². The molecule has 2 aromatic rings. The highest BCUT2D eigenvalue weighted by Gasteiger charge is 2.29. The molecule has 1 unspecified atom stereocenters. The van der Waals surface area contributed by atoms with Crippen LogP contribution in [0.4, 0.5) is 10.2 Å². The standard InChI is InChI=1S/C17H19FN4O3/c1-9-7-21(5-4-19-9)16-13(18)6-11-14(23)12(17(24)25)8-22(10-2-3-10)15(11)20-16/h6,8-10,19H,2-5,7H2,1H3,(H,24,25). The maximum Gasteiger partial charge on any atom is 0.341 e. The predicted octanol–water partition coefficient (Wildman–Crippen LogP) is 1.37. The molecule has 1 saturated carbocycles. The highest BCUT2D eigenvalue weighted by molar-refractivity contribution is 5.92. The number of aromatic carboxylic acids is 1. The Kier molecular flexibility index (Phi) is 3.72. The van der Waals surface area contributed by atoms with Crippen molar-refractivity contribution >= 4 is 22.8 Å². The fourth-order valence-corrected chi connectivity index (χ4v) is 3.37. The summed E-state index contributed by atoms with van der Waals surface area (Å²) in [6.45, 7) is 4.00. The van der Waals surface area contributed by atoms with E-state index in [9.17, 15) is 19.1 Å². The number of halogens is 1. The molecule has 2 aromatic heterocycles. The van der Waals surface area contributed by atoms with Gasteiger partial charge in [0.1, 0.15) is 11.2 Å². The molecule has 132 valence electrons. The molecule has 2 N–H and O–H groups in total. The van der Waals surface area contributed by atoms with Crippen molar-refractivity contribution in [2.75, 3.05) is 24.5 Å². The number of piperazine rings is 1. The molecule has 2 aliphatic rings. The number of pyridine rings is 2. The maximum atomic E-state index is 14.7. The number of nitrogens with one attached hydrogen (secondary N) is 1. The van der Waals surface area contributed by atoms with Gasteiger partial charge in [0.05, 0.1) is 5.39 Å². The molecule has 1 atom stereocenters. The second kappa shape index (κ2) is 5.80. The summed E-state index contributed by atoms with van der Waals surface area (Å²) >= 11 is 0. The first-order chi connectivity index (χ1) is 12.0. The number of nitrogens with zero attached hydrogens (tertiary/aromatic N) is 3. The van der Waals surface area contributed by atoms with Crippen molar-refractivity contribution in [1.29, 1.82) is 0 Å². The molecule has 4 rings (SSSR count). The van der Waals surface area contributed by atoms with Crippen LogP contribution in [0, 0.1) is 5.82 Å². The lowest BCUT2D eigenvalue weighted by molar-refractivity contribution is 0.0695. The number of fused-ring (bicyclic) bond motifs is 1. The number of hydrogen-bond donors (Lipinski definition) is 2. The molecule has 1 saturated heterocycles. The van der Waals surface area contributed by atoms with Crippen LogP contribution >= 0.6 is 0 Å². The molecule has 0 bridgehead atoms. The Morgan fingerprint density at radius 2 is 2.20 bits per heavy atom. The molecular formula is C17H19FN4O3. The van der Waals surface area contributed by atoms with Crippen LogP contribution in [0.1, 0.15) is 36.2 Å². The third-order valence-electron chi connectivity index (χ3n) is 4.78. The van der Waals surface area contributed by atoms with Gasteiger partial charge < -0.3 is 19.9 Å². The summed E-state index contributed by atoms with van der Waals surface area (Å²) < 4.78 is 16.4. The van der Waals surface area contributed by atoms with Gasteiger partial charge >= 0.3 is 5.97 Å². The van der Waals surface area contributed by atoms with Crippen molar-refractivity contribution in [3.05, 3.63) is 33.9 Å². The van der Waals surface area contributed by atoms with Gasteiger partial charge in [0.15, 0.2) is 11.6 Å². The molecule has 0 amide bonds. The van der Waals surface area contributed by atoms with Crippen molar-refractivity contribution in [3.63, 3.8) is 0 Å². The minimum Gasteiger partial charge on any atom is -0.477 e. The zero-order valence-electron chi connectivity index (χ0n) is 13.8. The molecular weight excluding hydrogens is 327 g/mol. The summed E-state index contributed by atoms with van der Waals surface area (Å²) in [7, 11) is 0. The summed E-state index contributed by atoms with van der Waals surface area (Å²) in [6, 6.07) is 1.47. The van der Waals surface area contributed by atoms with E-state index >= 15 is 0 Å². The summed E-state index contributed by atoms with van der Waals surface area (Å²) in [6.07, 6.45) is 3.14. The zero-order chi connectivity index (χ0) is 17.7. The normalized spacial score (nSPS) is 20.9. The van der Waals surface area contributed by atoms with Gasteiger partial charge in [-0.3, -0.25) is 4.79 Å². The van der Waals surface area contributed by atoms with E-state index in [1.807, 2.05) is 11.8 Å².